The van der Waals surface area contributed by atoms with Gasteiger partial charge in [0.05, 0.1) is 5.52 Å². The molecular formula is C23H18N6O3S. The third-order valence-corrected chi connectivity index (χ3v) is 6.33. The number of aromatic nitrogens is 5. The van der Waals surface area contributed by atoms with E-state index in [1.54, 1.807) is 67.1 Å². The molecule has 5 aromatic rings. The first-order chi connectivity index (χ1) is 16.0. The molecule has 0 radical (unpaired) electrons. The Kier molecular flexibility index (Phi) is 5.19. The van der Waals surface area contributed by atoms with Gasteiger partial charge in [-0.3, -0.25) is 14.3 Å². The van der Waals surface area contributed by atoms with Crippen LogP contribution in [0.3, 0.4) is 0 Å². The molecule has 0 saturated carbocycles. The van der Waals surface area contributed by atoms with Crippen molar-refractivity contribution in [2.45, 2.75) is 11.8 Å². The third kappa shape index (κ3) is 4.23. The Labute approximate surface area is 189 Å². The van der Waals surface area contributed by atoms with Crippen LogP contribution in [-0.4, -0.2) is 33.2 Å². The molecule has 10 heteroatoms. The van der Waals surface area contributed by atoms with Gasteiger partial charge in [0.25, 0.3) is 10.0 Å². The average molecular weight is 459 g/mol. The molecule has 0 atom stereocenters. The van der Waals surface area contributed by atoms with Crippen molar-refractivity contribution in [2.75, 3.05) is 4.72 Å². The Bertz CT molecular complexity index is 1530. The fraction of sp³-hybridized carbons (Fsp3) is 0.0435. The Morgan fingerprint density at radius 1 is 0.879 bits per heavy atom. The first-order valence-corrected chi connectivity index (χ1v) is 11.5. The molecule has 0 saturated heterocycles. The lowest BCUT2D eigenvalue weighted by atomic mass is 10.2. The first-order valence-electron chi connectivity index (χ1n) is 9.98. The molecule has 0 spiro atoms. The fourth-order valence-electron chi connectivity index (χ4n) is 3.33. The summed E-state index contributed by atoms with van der Waals surface area (Å²) in [5.74, 6) is 2.23. The summed E-state index contributed by atoms with van der Waals surface area (Å²) in [7, 11) is -3.82. The maximum absolute atomic E-state index is 12.9. The van der Waals surface area contributed by atoms with Crippen LogP contribution in [0, 0.1) is 6.92 Å². The molecule has 0 aliphatic rings. The number of nitrogens with one attached hydrogen (secondary N) is 1. The average Bonchev–Trinajstić information content (AvgIpc) is 3.26. The first kappa shape index (κ1) is 20.6. The van der Waals surface area contributed by atoms with Crippen molar-refractivity contribution in [3.63, 3.8) is 0 Å². The number of hydrogen-bond acceptors (Lipinski definition) is 7. The molecule has 3 heterocycles. The highest BCUT2D eigenvalue weighted by Gasteiger charge is 2.18. The van der Waals surface area contributed by atoms with Crippen molar-refractivity contribution in [2.24, 2.45) is 0 Å². The van der Waals surface area contributed by atoms with Crippen LogP contribution in [0.15, 0.2) is 90.2 Å². The second-order valence-corrected chi connectivity index (χ2v) is 8.79. The van der Waals surface area contributed by atoms with Crippen molar-refractivity contribution in [1.29, 1.82) is 0 Å². The monoisotopic (exact) mass is 458 g/mol. The minimum absolute atomic E-state index is 0.115. The van der Waals surface area contributed by atoms with Crippen LogP contribution >= 0.6 is 0 Å². The van der Waals surface area contributed by atoms with E-state index in [4.69, 9.17) is 4.74 Å². The molecular weight excluding hydrogens is 440 g/mol. The highest BCUT2D eigenvalue weighted by Crippen LogP contribution is 2.25. The van der Waals surface area contributed by atoms with Gasteiger partial charge >= 0.3 is 0 Å². The zero-order valence-electron chi connectivity index (χ0n) is 17.5. The smallest absolute Gasteiger partial charge is 0.264 e. The van der Waals surface area contributed by atoms with Gasteiger partial charge in [-0.15, -0.1) is 10.2 Å². The van der Waals surface area contributed by atoms with Gasteiger partial charge in [-0.05, 0) is 49.4 Å². The number of nitrogens with zero attached hydrogens (tertiary/aromatic N) is 5. The highest BCUT2D eigenvalue weighted by molar-refractivity contribution is 7.93. The van der Waals surface area contributed by atoms with Crippen LogP contribution in [-0.2, 0) is 10.0 Å². The normalized spacial score (nSPS) is 11.4. The van der Waals surface area contributed by atoms with Crippen LogP contribution in [0.25, 0.3) is 16.7 Å². The quantitative estimate of drug-likeness (QED) is 0.407. The number of benzene rings is 2. The fourth-order valence-corrected chi connectivity index (χ4v) is 4.57. The van der Waals surface area contributed by atoms with Gasteiger partial charge in [-0.2, -0.15) is 0 Å². The number of sulfonamides is 1. The van der Waals surface area contributed by atoms with E-state index in [2.05, 4.69) is 24.9 Å². The number of para-hydroxylation sites is 1. The molecule has 0 bridgehead atoms. The molecule has 9 nitrogen and oxygen atoms in total. The molecule has 33 heavy (non-hydrogen) atoms. The summed E-state index contributed by atoms with van der Waals surface area (Å²) in [5.41, 5.74) is 0.813. The molecule has 0 fully saturated rings. The minimum Gasteiger partial charge on any atom is -0.438 e. The standard InChI is InChI=1S/C23H18N6O3S/c1-16-24-14-15-29(16)21-11-12-22(27-26-21)32-19-9-7-18(8-10-19)28-33(30,31)20-6-2-4-17-5-3-13-25-23(17)20/h2-15,28H,1H3. The molecule has 0 unspecified atom stereocenters. The molecule has 1 N–H and O–H groups in total. The highest BCUT2D eigenvalue weighted by atomic mass is 32.2. The molecule has 164 valence electrons. The molecule has 0 aliphatic heterocycles. The third-order valence-electron chi connectivity index (χ3n) is 4.91. The van der Waals surface area contributed by atoms with Crippen molar-refractivity contribution in [3.05, 3.63) is 91.1 Å². The number of anilines is 1. The van der Waals surface area contributed by atoms with E-state index in [1.807, 2.05) is 23.6 Å². The Balaban J connectivity index is 1.31. The zero-order valence-corrected chi connectivity index (χ0v) is 18.3. The molecule has 5 rings (SSSR count). The van der Waals surface area contributed by atoms with Gasteiger partial charge in [-0.1, -0.05) is 18.2 Å². The molecule has 0 amide bonds. The number of hydrogen-bond donors (Lipinski definition) is 1. The van der Waals surface area contributed by atoms with Crippen LogP contribution in [0.2, 0.25) is 0 Å². The number of ether oxygens (including phenoxy) is 1. The maximum atomic E-state index is 12.9. The lowest BCUT2D eigenvalue weighted by Gasteiger charge is -2.11. The minimum atomic E-state index is -3.82. The van der Waals surface area contributed by atoms with Crippen molar-refractivity contribution in [1.82, 2.24) is 24.7 Å². The largest absolute Gasteiger partial charge is 0.438 e. The van der Waals surface area contributed by atoms with Crippen molar-refractivity contribution >= 4 is 26.6 Å². The lowest BCUT2D eigenvalue weighted by molar-refractivity contribution is 0.454. The van der Waals surface area contributed by atoms with Crippen LogP contribution in [0.4, 0.5) is 5.69 Å². The zero-order chi connectivity index (χ0) is 22.8. The molecule has 0 aliphatic carbocycles. The van der Waals surface area contributed by atoms with Crippen LogP contribution in [0.1, 0.15) is 5.82 Å². The van der Waals surface area contributed by atoms with Gasteiger partial charge in [-0.25, -0.2) is 13.4 Å². The Morgan fingerprint density at radius 2 is 1.70 bits per heavy atom. The van der Waals surface area contributed by atoms with Gasteiger partial charge in [0.15, 0.2) is 5.82 Å². The maximum Gasteiger partial charge on any atom is 0.264 e. The summed E-state index contributed by atoms with van der Waals surface area (Å²) in [5, 5.41) is 8.98. The molecule has 2 aromatic carbocycles. The van der Waals surface area contributed by atoms with E-state index in [1.165, 1.54) is 6.07 Å². The van der Waals surface area contributed by atoms with Gasteiger partial charge < -0.3 is 4.74 Å². The lowest BCUT2D eigenvalue weighted by Crippen LogP contribution is -2.13. The summed E-state index contributed by atoms with van der Waals surface area (Å²) < 4.78 is 36.0. The predicted molar refractivity (Wildman–Crippen MR) is 123 cm³/mol. The van der Waals surface area contributed by atoms with Gasteiger partial charge in [0.1, 0.15) is 16.5 Å². The summed E-state index contributed by atoms with van der Waals surface area (Å²) in [6.45, 7) is 1.87. The number of imidazole rings is 1. The van der Waals surface area contributed by atoms with Crippen LogP contribution in [0.5, 0.6) is 11.6 Å². The van der Waals surface area contributed by atoms with Gasteiger partial charge in [0.2, 0.25) is 5.88 Å². The van der Waals surface area contributed by atoms with Crippen LogP contribution < -0.4 is 9.46 Å². The number of aryl methyl sites for hydroxylation is 1. The topological polar surface area (TPSA) is 112 Å². The summed E-state index contributed by atoms with van der Waals surface area (Å²) in [6, 6.07) is 18.6. The predicted octanol–water partition coefficient (Wildman–Crippen LogP) is 4.11. The van der Waals surface area contributed by atoms with Gasteiger partial charge in [0, 0.05) is 35.7 Å². The number of rotatable bonds is 6. The number of fused-ring (bicyclic) bond motifs is 1. The Hall–Kier alpha value is -4.31. The van der Waals surface area contributed by atoms with Crippen molar-refractivity contribution < 1.29 is 13.2 Å². The molecule has 3 aromatic heterocycles. The van der Waals surface area contributed by atoms with E-state index in [0.29, 0.717) is 28.7 Å². The number of pyridine rings is 1. The van der Waals surface area contributed by atoms with E-state index >= 15 is 0 Å². The van der Waals surface area contributed by atoms with E-state index in [-0.39, 0.29) is 4.90 Å². The van der Waals surface area contributed by atoms with E-state index < -0.39 is 10.0 Å². The SMILES string of the molecule is Cc1nccn1-c1ccc(Oc2ccc(NS(=O)(=O)c3cccc4cccnc34)cc2)nn1. The van der Waals surface area contributed by atoms with E-state index in [0.717, 1.165) is 11.2 Å². The second-order valence-electron chi connectivity index (χ2n) is 7.14. The van der Waals surface area contributed by atoms with E-state index in [9.17, 15) is 8.42 Å². The summed E-state index contributed by atoms with van der Waals surface area (Å²) in [4.78, 5) is 8.50. The Morgan fingerprint density at radius 3 is 2.42 bits per heavy atom. The summed E-state index contributed by atoms with van der Waals surface area (Å²) >= 11 is 0. The van der Waals surface area contributed by atoms with Crippen molar-refractivity contribution in [3.8, 4) is 17.4 Å². The summed E-state index contributed by atoms with van der Waals surface area (Å²) in [6.07, 6.45) is 5.06. The second kappa shape index (κ2) is 8.32.